The number of carbonyl (C=O) groups excluding carboxylic acids is 1. The van der Waals surface area contributed by atoms with Gasteiger partial charge >= 0.3 is 0 Å². The Morgan fingerprint density at radius 3 is 2.93 bits per heavy atom. The largest absolute Gasteiger partial charge is 0.325 e. The number of alkyl halides is 1. The van der Waals surface area contributed by atoms with E-state index in [4.69, 9.17) is 11.6 Å². The molecule has 0 spiro atoms. The van der Waals surface area contributed by atoms with Gasteiger partial charge in [0.25, 0.3) is 0 Å². The second-order valence-corrected chi connectivity index (χ2v) is 4.56. The van der Waals surface area contributed by atoms with Crippen molar-refractivity contribution >= 4 is 39.1 Å². The molecule has 0 unspecified atom stereocenters. The van der Waals surface area contributed by atoms with Crippen LogP contribution < -0.4 is 5.32 Å². The molecule has 1 aromatic carbocycles. The Morgan fingerprint density at radius 2 is 2.27 bits per heavy atom. The van der Waals surface area contributed by atoms with Crippen LogP contribution in [0, 0.1) is 6.92 Å². The molecule has 0 bridgehead atoms. The second kappa shape index (κ2) is 6.13. The van der Waals surface area contributed by atoms with Crippen molar-refractivity contribution in [2.75, 3.05) is 11.2 Å². The molecule has 0 heterocycles. The standard InChI is InChI=1S/C11H13BrClNO/c1-8-4-5-9(12)10(7-8)14-11(15)3-2-6-13/h4-5,7H,2-3,6H2,1H3,(H,14,15). The summed E-state index contributed by atoms with van der Waals surface area (Å²) in [7, 11) is 0. The first-order valence-electron chi connectivity index (χ1n) is 4.75. The number of benzene rings is 1. The van der Waals surface area contributed by atoms with Gasteiger partial charge in [0.05, 0.1) is 5.69 Å². The molecule has 0 aliphatic heterocycles. The lowest BCUT2D eigenvalue weighted by molar-refractivity contribution is -0.116. The van der Waals surface area contributed by atoms with Crippen LogP contribution in [0.25, 0.3) is 0 Å². The minimum absolute atomic E-state index is 0.00181. The number of halogens is 2. The summed E-state index contributed by atoms with van der Waals surface area (Å²) in [6.45, 7) is 1.99. The molecule has 2 nitrogen and oxygen atoms in total. The number of rotatable bonds is 4. The van der Waals surface area contributed by atoms with E-state index in [0.29, 0.717) is 18.7 Å². The maximum absolute atomic E-state index is 11.4. The predicted octanol–water partition coefficient (Wildman–Crippen LogP) is 3.72. The van der Waals surface area contributed by atoms with Crippen LogP contribution in [0.2, 0.25) is 0 Å². The molecule has 0 saturated carbocycles. The summed E-state index contributed by atoms with van der Waals surface area (Å²) < 4.78 is 0.896. The molecule has 0 fully saturated rings. The van der Waals surface area contributed by atoms with E-state index >= 15 is 0 Å². The molecule has 0 aromatic heterocycles. The Kier molecular flexibility index (Phi) is 5.12. The second-order valence-electron chi connectivity index (χ2n) is 3.32. The van der Waals surface area contributed by atoms with E-state index in [1.807, 2.05) is 25.1 Å². The molecule has 0 aliphatic rings. The van der Waals surface area contributed by atoms with E-state index in [0.717, 1.165) is 15.7 Å². The van der Waals surface area contributed by atoms with Gasteiger partial charge < -0.3 is 5.32 Å². The van der Waals surface area contributed by atoms with Gasteiger partial charge in [-0.05, 0) is 47.0 Å². The average molecular weight is 291 g/mol. The van der Waals surface area contributed by atoms with Gasteiger partial charge in [-0.2, -0.15) is 0 Å². The first-order chi connectivity index (χ1) is 7.13. The summed E-state index contributed by atoms with van der Waals surface area (Å²) in [5.74, 6) is 0.518. The molecule has 1 rings (SSSR count). The Morgan fingerprint density at radius 1 is 1.53 bits per heavy atom. The third-order valence-electron chi connectivity index (χ3n) is 1.93. The lowest BCUT2D eigenvalue weighted by atomic mass is 10.2. The highest BCUT2D eigenvalue weighted by Gasteiger charge is 2.04. The maximum Gasteiger partial charge on any atom is 0.224 e. The van der Waals surface area contributed by atoms with Crippen LogP contribution in [0.5, 0.6) is 0 Å². The van der Waals surface area contributed by atoms with Crippen LogP contribution in [-0.4, -0.2) is 11.8 Å². The zero-order valence-corrected chi connectivity index (χ0v) is 10.9. The first kappa shape index (κ1) is 12.5. The van der Waals surface area contributed by atoms with E-state index in [1.54, 1.807) is 0 Å². The molecular weight excluding hydrogens is 277 g/mol. The molecule has 82 valence electrons. The molecule has 0 saturated heterocycles. The van der Waals surface area contributed by atoms with Crippen LogP contribution in [0.4, 0.5) is 5.69 Å². The SMILES string of the molecule is Cc1ccc(Br)c(NC(=O)CCCCl)c1. The smallest absolute Gasteiger partial charge is 0.224 e. The van der Waals surface area contributed by atoms with Crippen LogP contribution in [0.1, 0.15) is 18.4 Å². The number of anilines is 1. The van der Waals surface area contributed by atoms with E-state index in [1.165, 1.54) is 0 Å². The monoisotopic (exact) mass is 289 g/mol. The summed E-state index contributed by atoms with van der Waals surface area (Å²) in [5.41, 5.74) is 1.93. The fraction of sp³-hybridized carbons (Fsp3) is 0.364. The molecule has 4 heteroatoms. The summed E-state index contributed by atoms with van der Waals surface area (Å²) in [4.78, 5) is 11.4. The number of nitrogens with one attached hydrogen (secondary N) is 1. The molecule has 0 aliphatic carbocycles. The minimum Gasteiger partial charge on any atom is -0.325 e. The zero-order chi connectivity index (χ0) is 11.3. The number of carbonyl (C=O) groups is 1. The number of amides is 1. The Hall–Kier alpha value is -0.540. The molecule has 0 radical (unpaired) electrons. The topological polar surface area (TPSA) is 29.1 Å². The quantitative estimate of drug-likeness (QED) is 0.841. The summed E-state index contributed by atoms with van der Waals surface area (Å²) in [6.07, 6.45) is 1.17. The average Bonchev–Trinajstić information content (AvgIpc) is 2.20. The van der Waals surface area contributed by atoms with Gasteiger partial charge in [0, 0.05) is 16.8 Å². The number of aryl methyl sites for hydroxylation is 1. The molecular formula is C11H13BrClNO. The van der Waals surface area contributed by atoms with E-state index in [2.05, 4.69) is 21.2 Å². The molecule has 1 N–H and O–H groups in total. The lowest BCUT2D eigenvalue weighted by Crippen LogP contribution is -2.11. The van der Waals surface area contributed by atoms with Crippen molar-refractivity contribution in [2.24, 2.45) is 0 Å². The Labute approximate surface area is 103 Å². The van der Waals surface area contributed by atoms with Gasteiger partial charge in [0.15, 0.2) is 0 Å². The van der Waals surface area contributed by atoms with Crippen molar-refractivity contribution in [3.63, 3.8) is 0 Å². The van der Waals surface area contributed by atoms with Crippen molar-refractivity contribution in [1.82, 2.24) is 0 Å². The molecule has 0 atom stereocenters. The normalized spacial score (nSPS) is 10.1. The van der Waals surface area contributed by atoms with E-state index < -0.39 is 0 Å². The third kappa shape index (κ3) is 4.22. The molecule has 1 amide bonds. The summed E-state index contributed by atoms with van der Waals surface area (Å²) >= 11 is 8.90. The third-order valence-corrected chi connectivity index (χ3v) is 2.89. The van der Waals surface area contributed by atoms with Crippen LogP contribution in [0.3, 0.4) is 0 Å². The zero-order valence-electron chi connectivity index (χ0n) is 8.52. The van der Waals surface area contributed by atoms with Crippen molar-refractivity contribution in [3.8, 4) is 0 Å². The van der Waals surface area contributed by atoms with Gasteiger partial charge in [-0.1, -0.05) is 6.07 Å². The van der Waals surface area contributed by atoms with E-state index in [9.17, 15) is 4.79 Å². The molecule has 15 heavy (non-hydrogen) atoms. The van der Waals surface area contributed by atoms with Gasteiger partial charge in [-0.15, -0.1) is 11.6 Å². The van der Waals surface area contributed by atoms with Crippen molar-refractivity contribution in [3.05, 3.63) is 28.2 Å². The van der Waals surface area contributed by atoms with Gasteiger partial charge in [-0.3, -0.25) is 4.79 Å². The number of hydrogen-bond donors (Lipinski definition) is 1. The summed E-state index contributed by atoms with van der Waals surface area (Å²) in [5, 5.41) is 2.84. The van der Waals surface area contributed by atoms with Crippen LogP contribution in [-0.2, 0) is 4.79 Å². The summed E-state index contributed by atoms with van der Waals surface area (Å²) in [6, 6.07) is 5.84. The van der Waals surface area contributed by atoms with Gasteiger partial charge in [-0.25, -0.2) is 0 Å². The fourth-order valence-corrected chi connectivity index (χ4v) is 1.65. The van der Waals surface area contributed by atoms with Crippen molar-refractivity contribution in [1.29, 1.82) is 0 Å². The van der Waals surface area contributed by atoms with Crippen LogP contribution >= 0.6 is 27.5 Å². The lowest BCUT2D eigenvalue weighted by Gasteiger charge is -2.07. The van der Waals surface area contributed by atoms with Crippen molar-refractivity contribution < 1.29 is 4.79 Å². The minimum atomic E-state index is 0.00181. The number of hydrogen-bond acceptors (Lipinski definition) is 1. The molecule has 1 aromatic rings. The van der Waals surface area contributed by atoms with Crippen LogP contribution in [0.15, 0.2) is 22.7 Å². The Bertz CT molecular complexity index is 354. The fourth-order valence-electron chi connectivity index (χ4n) is 1.17. The Balaban J connectivity index is 2.63. The van der Waals surface area contributed by atoms with Gasteiger partial charge in [0.2, 0.25) is 5.91 Å². The highest BCUT2D eigenvalue weighted by Crippen LogP contribution is 2.23. The maximum atomic E-state index is 11.4. The van der Waals surface area contributed by atoms with Gasteiger partial charge in [0.1, 0.15) is 0 Å². The van der Waals surface area contributed by atoms with E-state index in [-0.39, 0.29) is 5.91 Å². The predicted molar refractivity (Wildman–Crippen MR) is 67.5 cm³/mol. The van der Waals surface area contributed by atoms with Crippen molar-refractivity contribution in [2.45, 2.75) is 19.8 Å². The highest BCUT2D eigenvalue weighted by atomic mass is 79.9. The highest BCUT2D eigenvalue weighted by molar-refractivity contribution is 9.10. The first-order valence-corrected chi connectivity index (χ1v) is 6.08.